The molecule has 0 N–H and O–H groups in total. The molecule has 2 nitrogen and oxygen atoms in total. The van der Waals surface area contributed by atoms with Crippen molar-refractivity contribution in [3.63, 3.8) is 0 Å². The minimum atomic E-state index is -0.169. The molecule has 2 aromatic heterocycles. The van der Waals surface area contributed by atoms with Crippen molar-refractivity contribution in [2.45, 2.75) is 19.3 Å². The average Bonchev–Trinajstić information content (AvgIpc) is 3.82. The van der Waals surface area contributed by atoms with Crippen LogP contribution in [0.4, 0.5) is 17.1 Å². The maximum atomic E-state index is 6.41. The molecule has 0 bridgehead atoms. The van der Waals surface area contributed by atoms with Crippen molar-refractivity contribution in [2.75, 3.05) is 4.90 Å². The van der Waals surface area contributed by atoms with Crippen LogP contribution in [0.5, 0.6) is 0 Å². The number of thiophene rings is 1. The summed E-state index contributed by atoms with van der Waals surface area (Å²) in [4.78, 5) is 2.42. The largest absolute Gasteiger partial charge is 0.456 e. The molecule has 0 radical (unpaired) electrons. The van der Waals surface area contributed by atoms with Gasteiger partial charge >= 0.3 is 0 Å². The number of hydrogen-bond donors (Lipinski definition) is 0. The summed E-state index contributed by atoms with van der Waals surface area (Å²) in [5.41, 5.74) is 12.8. The topological polar surface area (TPSA) is 16.4 Å². The maximum absolute atomic E-state index is 6.41. The summed E-state index contributed by atoms with van der Waals surface area (Å²) in [6.07, 6.45) is 0. The number of para-hydroxylation sites is 1. The number of nitrogens with zero attached hydrogens (tertiary/aromatic N) is 1. The van der Waals surface area contributed by atoms with E-state index in [1.165, 1.54) is 64.3 Å². The van der Waals surface area contributed by atoms with Crippen molar-refractivity contribution in [1.82, 2.24) is 0 Å². The number of fused-ring (bicyclic) bond motifs is 10. The molecule has 0 saturated carbocycles. The van der Waals surface area contributed by atoms with Gasteiger partial charge in [-0.3, -0.25) is 0 Å². The monoisotopic (exact) mass is 683 g/mol. The highest BCUT2D eigenvalue weighted by Crippen LogP contribution is 2.53. The number of hydrogen-bond acceptors (Lipinski definition) is 3. The summed E-state index contributed by atoms with van der Waals surface area (Å²) >= 11 is 1.89. The van der Waals surface area contributed by atoms with Crippen LogP contribution in [0.3, 0.4) is 0 Å². The first-order valence-corrected chi connectivity index (χ1v) is 18.7. The van der Waals surface area contributed by atoms with Gasteiger partial charge in [0, 0.05) is 42.3 Å². The Morgan fingerprint density at radius 2 is 1.19 bits per heavy atom. The van der Waals surface area contributed by atoms with Crippen molar-refractivity contribution in [2.24, 2.45) is 0 Å². The minimum Gasteiger partial charge on any atom is -0.456 e. The first kappa shape index (κ1) is 29.6. The minimum absolute atomic E-state index is 0.169. The maximum Gasteiger partial charge on any atom is 0.137 e. The molecule has 8 aromatic carbocycles. The van der Waals surface area contributed by atoms with Crippen LogP contribution in [0, 0.1) is 0 Å². The molecule has 0 atom stereocenters. The van der Waals surface area contributed by atoms with Gasteiger partial charge in [0.2, 0.25) is 0 Å². The summed E-state index contributed by atoms with van der Waals surface area (Å²) in [5, 5.41) is 7.44. The van der Waals surface area contributed by atoms with E-state index in [0.717, 1.165) is 39.0 Å². The molecule has 1 aliphatic rings. The van der Waals surface area contributed by atoms with Crippen LogP contribution >= 0.6 is 11.3 Å². The molecule has 0 saturated heterocycles. The van der Waals surface area contributed by atoms with Crippen molar-refractivity contribution < 1.29 is 4.42 Å². The third-order valence-electron chi connectivity index (χ3n) is 11.2. The Bertz CT molecular complexity index is 3050. The third-order valence-corrected chi connectivity index (χ3v) is 12.4. The van der Waals surface area contributed by atoms with Crippen molar-refractivity contribution >= 4 is 81.3 Å². The van der Waals surface area contributed by atoms with Crippen LogP contribution in [0.25, 0.3) is 75.1 Å². The van der Waals surface area contributed by atoms with Gasteiger partial charge in [0.05, 0.1) is 11.1 Å². The average molecular weight is 684 g/mol. The highest BCUT2D eigenvalue weighted by atomic mass is 32.1. The zero-order valence-corrected chi connectivity index (χ0v) is 29.7. The standard InChI is InChI=1S/C49H33NOS/c1-49(2)41-27-35(24-25-36(41)39-29-47-40(28-42(39)49)37-12-6-8-17-46(37)52-47)50(43-14-9-16-45-48(43)38-13-5-7-15-44(38)51-45)34-22-20-31(21-23-34)33-19-18-30-10-3-4-11-32(30)26-33/h3-29H,1-2H3. The van der Waals surface area contributed by atoms with Crippen LogP contribution < -0.4 is 4.90 Å². The van der Waals surface area contributed by atoms with E-state index in [4.69, 9.17) is 4.42 Å². The Hall–Kier alpha value is -6.16. The van der Waals surface area contributed by atoms with Crippen molar-refractivity contribution in [3.05, 3.63) is 175 Å². The van der Waals surface area contributed by atoms with Crippen LogP contribution in [0.1, 0.15) is 25.0 Å². The van der Waals surface area contributed by atoms with E-state index >= 15 is 0 Å². The molecule has 0 unspecified atom stereocenters. The van der Waals surface area contributed by atoms with Gasteiger partial charge < -0.3 is 9.32 Å². The molecule has 0 aliphatic heterocycles. The first-order chi connectivity index (χ1) is 25.5. The SMILES string of the molecule is CC1(C)c2cc(N(c3ccc(-c4ccc5ccccc5c4)cc3)c3cccc4oc5ccccc5c34)ccc2-c2cc3sc4ccccc4c3cc21. The second-order valence-corrected chi connectivity index (χ2v) is 15.6. The van der Waals surface area contributed by atoms with Gasteiger partial charge in [-0.05, 0) is 111 Å². The molecule has 0 amide bonds. The van der Waals surface area contributed by atoms with E-state index in [1.54, 1.807) is 0 Å². The fourth-order valence-electron chi connectivity index (χ4n) is 8.62. The Balaban J connectivity index is 1.09. The Morgan fingerprint density at radius 3 is 2.08 bits per heavy atom. The summed E-state index contributed by atoms with van der Waals surface area (Å²) in [6, 6.07) is 59.9. The number of benzene rings is 8. The fourth-order valence-corrected chi connectivity index (χ4v) is 9.75. The predicted octanol–water partition coefficient (Wildman–Crippen LogP) is 14.6. The normalized spacial score (nSPS) is 13.3. The molecule has 52 heavy (non-hydrogen) atoms. The van der Waals surface area contributed by atoms with E-state index in [0.29, 0.717) is 0 Å². The smallest absolute Gasteiger partial charge is 0.137 e. The molecule has 246 valence electrons. The molecule has 10 aromatic rings. The van der Waals surface area contributed by atoms with E-state index in [9.17, 15) is 0 Å². The first-order valence-electron chi connectivity index (χ1n) is 17.9. The second-order valence-electron chi connectivity index (χ2n) is 14.5. The third kappa shape index (κ3) is 4.30. The molecule has 0 spiro atoms. The zero-order chi connectivity index (χ0) is 34.6. The molecule has 11 rings (SSSR count). The summed E-state index contributed by atoms with van der Waals surface area (Å²) in [6.45, 7) is 4.77. The molecule has 2 heterocycles. The van der Waals surface area contributed by atoms with Crippen LogP contribution in [-0.2, 0) is 5.41 Å². The van der Waals surface area contributed by atoms with E-state index < -0.39 is 0 Å². The predicted molar refractivity (Wildman–Crippen MR) is 222 cm³/mol. The van der Waals surface area contributed by atoms with Gasteiger partial charge in [0.25, 0.3) is 0 Å². The number of furan rings is 1. The molecule has 0 fully saturated rings. The lowest BCUT2D eigenvalue weighted by Crippen LogP contribution is -2.16. The lowest BCUT2D eigenvalue weighted by Gasteiger charge is -2.29. The molecular weight excluding hydrogens is 651 g/mol. The van der Waals surface area contributed by atoms with Gasteiger partial charge in [-0.1, -0.05) is 111 Å². The number of anilines is 3. The van der Waals surface area contributed by atoms with Gasteiger partial charge in [-0.15, -0.1) is 11.3 Å². The van der Waals surface area contributed by atoms with Gasteiger partial charge in [-0.2, -0.15) is 0 Å². The quantitative estimate of drug-likeness (QED) is 0.184. The Labute approximate surface area is 305 Å². The lowest BCUT2D eigenvalue weighted by molar-refractivity contribution is 0.661. The highest BCUT2D eigenvalue weighted by molar-refractivity contribution is 7.25. The van der Waals surface area contributed by atoms with Crippen molar-refractivity contribution in [3.8, 4) is 22.3 Å². The highest BCUT2D eigenvalue weighted by Gasteiger charge is 2.37. The number of rotatable bonds is 4. The van der Waals surface area contributed by atoms with Crippen molar-refractivity contribution in [1.29, 1.82) is 0 Å². The van der Waals surface area contributed by atoms with Crippen LogP contribution in [0.2, 0.25) is 0 Å². The lowest BCUT2D eigenvalue weighted by atomic mass is 9.82. The van der Waals surface area contributed by atoms with Gasteiger partial charge in [-0.25, -0.2) is 0 Å². The molecular formula is C49H33NOS. The van der Waals surface area contributed by atoms with Crippen LogP contribution in [0.15, 0.2) is 168 Å². The summed E-state index contributed by atoms with van der Waals surface area (Å²) < 4.78 is 9.10. The Morgan fingerprint density at radius 1 is 0.481 bits per heavy atom. The second kappa shape index (κ2) is 10.9. The fraction of sp³-hybridized carbons (Fsp3) is 0.0612. The molecule has 3 heteroatoms. The van der Waals surface area contributed by atoms with E-state index in [2.05, 4.69) is 176 Å². The Kier molecular flexibility index (Phi) is 6.21. The zero-order valence-electron chi connectivity index (χ0n) is 28.9. The summed E-state index contributed by atoms with van der Waals surface area (Å²) in [7, 11) is 0. The van der Waals surface area contributed by atoms with E-state index in [-0.39, 0.29) is 5.41 Å². The van der Waals surface area contributed by atoms with Gasteiger partial charge in [0.15, 0.2) is 0 Å². The molecule has 1 aliphatic carbocycles. The summed E-state index contributed by atoms with van der Waals surface area (Å²) in [5.74, 6) is 0. The van der Waals surface area contributed by atoms with Crippen LogP contribution in [-0.4, -0.2) is 0 Å². The van der Waals surface area contributed by atoms with E-state index in [1.807, 2.05) is 17.4 Å². The van der Waals surface area contributed by atoms with Gasteiger partial charge in [0.1, 0.15) is 11.2 Å².